The molecule has 0 aliphatic carbocycles. The van der Waals surface area contributed by atoms with Crippen molar-refractivity contribution in [3.05, 3.63) is 36.7 Å². The molecule has 2 atom stereocenters. The molecule has 0 aromatic carbocycles. The first-order valence-electron chi connectivity index (χ1n) is 5.23. The van der Waals surface area contributed by atoms with Crippen LogP contribution in [0.1, 0.15) is 26.2 Å². The van der Waals surface area contributed by atoms with Gasteiger partial charge in [0, 0.05) is 17.4 Å². The Morgan fingerprint density at radius 3 is 2.40 bits per heavy atom. The third-order valence-electron chi connectivity index (χ3n) is 2.52. The molecule has 15 heavy (non-hydrogen) atoms. The molecule has 0 aromatic rings. The van der Waals surface area contributed by atoms with Gasteiger partial charge >= 0.3 is 0 Å². The van der Waals surface area contributed by atoms with Gasteiger partial charge in [0.2, 0.25) is 0 Å². The average molecular weight is 209 g/mol. The van der Waals surface area contributed by atoms with Crippen LogP contribution in [0.4, 0.5) is 0 Å². The maximum Gasteiger partial charge on any atom is 0.0253 e. The zero-order valence-corrected chi connectivity index (χ0v) is 9.58. The van der Waals surface area contributed by atoms with Crippen molar-refractivity contribution in [2.45, 2.75) is 32.2 Å². The molecule has 3 heteroatoms. The lowest BCUT2D eigenvalue weighted by molar-refractivity contribution is 0.433. The Kier molecular flexibility index (Phi) is 6.54. The molecule has 0 heterocycles. The van der Waals surface area contributed by atoms with Crippen LogP contribution in [0.2, 0.25) is 0 Å². The summed E-state index contributed by atoms with van der Waals surface area (Å²) >= 11 is 0. The van der Waals surface area contributed by atoms with Gasteiger partial charge in [0.15, 0.2) is 0 Å². The molecule has 86 valence electrons. The van der Waals surface area contributed by atoms with Crippen LogP contribution in [0.25, 0.3) is 0 Å². The summed E-state index contributed by atoms with van der Waals surface area (Å²) in [4.78, 5) is 0. The molecule has 0 bridgehead atoms. The molecule has 0 aliphatic heterocycles. The first-order chi connectivity index (χ1) is 7.01. The summed E-state index contributed by atoms with van der Waals surface area (Å²) in [6, 6.07) is -0.0390. The van der Waals surface area contributed by atoms with Gasteiger partial charge in [0.25, 0.3) is 0 Å². The molecule has 0 rings (SSSR count). The van der Waals surface area contributed by atoms with Crippen LogP contribution in [0.15, 0.2) is 36.7 Å². The molecule has 0 saturated heterocycles. The highest BCUT2D eigenvalue weighted by atomic mass is 14.7. The molecular weight excluding hydrogens is 186 g/mol. The number of rotatable bonds is 7. The Balaban J connectivity index is 4.30. The van der Waals surface area contributed by atoms with Crippen LogP contribution in [-0.4, -0.2) is 6.04 Å². The van der Waals surface area contributed by atoms with Gasteiger partial charge in [-0.1, -0.05) is 18.7 Å². The van der Waals surface area contributed by atoms with Crippen LogP contribution in [-0.2, 0) is 0 Å². The van der Waals surface area contributed by atoms with E-state index in [1.54, 1.807) is 6.08 Å². The normalized spacial score (nSPS) is 15.7. The number of hydrogen-bond acceptors (Lipinski definition) is 3. The Morgan fingerprint density at radius 2 is 2.00 bits per heavy atom. The SMILES string of the molecule is C=CC(N)C(CCC(=C)N)CC(N)=CC. The summed E-state index contributed by atoms with van der Waals surface area (Å²) < 4.78 is 0. The lowest BCUT2D eigenvalue weighted by Gasteiger charge is -2.21. The molecule has 0 aromatic heterocycles. The van der Waals surface area contributed by atoms with E-state index in [2.05, 4.69) is 13.2 Å². The minimum atomic E-state index is -0.0390. The van der Waals surface area contributed by atoms with E-state index < -0.39 is 0 Å². The second kappa shape index (κ2) is 7.12. The molecule has 6 N–H and O–H groups in total. The first kappa shape index (κ1) is 13.8. The van der Waals surface area contributed by atoms with Gasteiger partial charge in [-0.15, -0.1) is 6.58 Å². The minimum Gasteiger partial charge on any atom is -0.403 e. The van der Waals surface area contributed by atoms with Crippen molar-refractivity contribution in [2.75, 3.05) is 0 Å². The third-order valence-corrected chi connectivity index (χ3v) is 2.52. The Hall–Kier alpha value is -1.22. The highest BCUT2D eigenvalue weighted by Gasteiger charge is 2.15. The van der Waals surface area contributed by atoms with Crippen LogP contribution in [0.3, 0.4) is 0 Å². The largest absolute Gasteiger partial charge is 0.403 e. The molecule has 0 amide bonds. The molecule has 3 nitrogen and oxygen atoms in total. The Morgan fingerprint density at radius 1 is 1.40 bits per heavy atom. The quantitative estimate of drug-likeness (QED) is 0.557. The Bertz CT molecular complexity index is 243. The molecular formula is C12H23N3. The maximum atomic E-state index is 5.94. The van der Waals surface area contributed by atoms with E-state index in [1.807, 2.05) is 13.0 Å². The van der Waals surface area contributed by atoms with Crippen molar-refractivity contribution >= 4 is 0 Å². The first-order valence-corrected chi connectivity index (χ1v) is 5.23. The minimum absolute atomic E-state index is 0.0390. The second-order valence-electron chi connectivity index (χ2n) is 3.84. The predicted octanol–water partition coefficient (Wildman–Crippen LogP) is 1.62. The standard InChI is InChI=1S/C12H23N3/c1-4-11(14)8-10(12(15)5-2)7-6-9(3)13/h4-5,10,12H,2-3,6-8,13-15H2,1H3. The van der Waals surface area contributed by atoms with Crippen molar-refractivity contribution in [2.24, 2.45) is 23.1 Å². The smallest absolute Gasteiger partial charge is 0.0253 e. The zero-order chi connectivity index (χ0) is 11.8. The van der Waals surface area contributed by atoms with Crippen LogP contribution < -0.4 is 17.2 Å². The van der Waals surface area contributed by atoms with E-state index in [1.165, 1.54) is 0 Å². The highest BCUT2D eigenvalue weighted by Crippen LogP contribution is 2.19. The maximum absolute atomic E-state index is 5.94. The van der Waals surface area contributed by atoms with Gasteiger partial charge in [-0.05, 0) is 32.1 Å². The van der Waals surface area contributed by atoms with Gasteiger partial charge in [-0.2, -0.15) is 0 Å². The second-order valence-corrected chi connectivity index (χ2v) is 3.84. The average Bonchev–Trinajstić information content (AvgIpc) is 2.22. The lowest BCUT2D eigenvalue weighted by atomic mass is 9.90. The number of allylic oxidation sites excluding steroid dienone is 3. The van der Waals surface area contributed by atoms with Crippen LogP contribution in [0, 0.1) is 5.92 Å². The van der Waals surface area contributed by atoms with Crippen molar-refractivity contribution in [3.63, 3.8) is 0 Å². The van der Waals surface area contributed by atoms with E-state index in [4.69, 9.17) is 17.2 Å². The van der Waals surface area contributed by atoms with E-state index in [9.17, 15) is 0 Å². The van der Waals surface area contributed by atoms with Gasteiger partial charge < -0.3 is 17.2 Å². The van der Waals surface area contributed by atoms with Gasteiger partial charge in [0.05, 0.1) is 0 Å². The van der Waals surface area contributed by atoms with E-state index in [0.29, 0.717) is 11.6 Å². The molecule has 0 fully saturated rings. The third kappa shape index (κ3) is 5.96. The fourth-order valence-corrected chi connectivity index (χ4v) is 1.41. The highest BCUT2D eigenvalue weighted by molar-refractivity contribution is 5.01. The summed E-state index contributed by atoms with van der Waals surface area (Å²) in [5, 5.41) is 0. The van der Waals surface area contributed by atoms with Crippen LogP contribution in [0.5, 0.6) is 0 Å². The molecule has 0 spiro atoms. The lowest BCUT2D eigenvalue weighted by Crippen LogP contribution is -2.29. The van der Waals surface area contributed by atoms with Gasteiger partial charge in [-0.3, -0.25) is 0 Å². The van der Waals surface area contributed by atoms with Crippen molar-refractivity contribution < 1.29 is 0 Å². The zero-order valence-electron chi connectivity index (χ0n) is 9.58. The number of hydrogen-bond donors (Lipinski definition) is 3. The van der Waals surface area contributed by atoms with Crippen LogP contribution >= 0.6 is 0 Å². The molecule has 2 unspecified atom stereocenters. The van der Waals surface area contributed by atoms with E-state index in [-0.39, 0.29) is 6.04 Å². The van der Waals surface area contributed by atoms with E-state index >= 15 is 0 Å². The topological polar surface area (TPSA) is 78.1 Å². The summed E-state index contributed by atoms with van der Waals surface area (Å²) in [6.45, 7) is 9.30. The van der Waals surface area contributed by atoms with E-state index in [0.717, 1.165) is 25.0 Å². The molecule has 0 aliphatic rings. The predicted molar refractivity (Wildman–Crippen MR) is 66.8 cm³/mol. The number of nitrogens with two attached hydrogens (primary N) is 3. The summed E-state index contributed by atoms with van der Waals surface area (Å²) in [5.74, 6) is 0.291. The fourth-order valence-electron chi connectivity index (χ4n) is 1.41. The molecule has 0 radical (unpaired) electrons. The van der Waals surface area contributed by atoms with Gasteiger partial charge in [0.1, 0.15) is 0 Å². The fraction of sp³-hybridized carbons (Fsp3) is 0.500. The van der Waals surface area contributed by atoms with Crippen molar-refractivity contribution in [3.8, 4) is 0 Å². The monoisotopic (exact) mass is 209 g/mol. The van der Waals surface area contributed by atoms with Crippen molar-refractivity contribution in [1.82, 2.24) is 0 Å². The van der Waals surface area contributed by atoms with Crippen molar-refractivity contribution in [1.29, 1.82) is 0 Å². The summed E-state index contributed by atoms with van der Waals surface area (Å²) in [6.07, 6.45) is 6.13. The summed E-state index contributed by atoms with van der Waals surface area (Å²) in [5.41, 5.74) is 18.8. The Labute approximate surface area is 92.7 Å². The molecule has 0 saturated carbocycles. The summed E-state index contributed by atoms with van der Waals surface area (Å²) in [7, 11) is 0. The van der Waals surface area contributed by atoms with Gasteiger partial charge in [-0.25, -0.2) is 0 Å².